The lowest BCUT2D eigenvalue weighted by atomic mass is 9.44. The summed E-state index contributed by atoms with van der Waals surface area (Å²) in [6, 6.07) is 8.58. The Kier molecular flexibility index (Phi) is 9.40. The van der Waals surface area contributed by atoms with E-state index in [1.807, 2.05) is 0 Å². The van der Waals surface area contributed by atoms with Gasteiger partial charge in [-0.2, -0.15) is 0 Å². The van der Waals surface area contributed by atoms with Crippen molar-refractivity contribution in [2.45, 2.75) is 110 Å². The lowest BCUT2D eigenvalue weighted by molar-refractivity contribution is -0.115. The van der Waals surface area contributed by atoms with Crippen molar-refractivity contribution in [3.63, 3.8) is 0 Å². The molecule has 1 N–H and O–H groups in total. The van der Waals surface area contributed by atoms with Crippen LogP contribution in [0.25, 0.3) is 0 Å². The highest BCUT2D eigenvalue weighted by Crippen LogP contribution is 2.70. The van der Waals surface area contributed by atoms with Gasteiger partial charge in [0, 0.05) is 37.2 Å². The third-order valence-electron chi connectivity index (χ3n) is 14.3. The number of piperazine rings is 1. The van der Waals surface area contributed by atoms with Crippen LogP contribution in [-0.4, -0.2) is 56.4 Å². The zero-order valence-electron chi connectivity index (χ0n) is 27.4. The third kappa shape index (κ3) is 6.06. The first-order valence-electron chi connectivity index (χ1n) is 18.3. The summed E-state index contributed by atoms with van der Waals surface area (Å²) in [4.78, 5) is 2.66. The monoisotopic (exact) mass is 654 g/mol. The summed E-state index contributed by atoms with van der Waals surface area (Å²) in [5.41, 5.74) is 2.38. The Bertz CT molecular complexity index is 1080. The molecule has 3 unspecified atom stereocenters. The fourth-order valence-corrected chi connectivity index (χ4v) is 12.4. The van der Waals surface area contributed by atoms with E-state index in [4.69, 9.17) is 9.47 Å². The lowest BCUT2D eigenvalue weighted by Gasteiger charge is -2.60. The number of hydrogen-bond donors (Lipinski definition) is 1. The average molecular weight is 656 g/mol. The van der Waals surface area contributed by atoms with Crippen LogP contribution in [0.2, 0.25) is 0 Å². The molecule has 4 aliphatic carbocycles. The molecule has 43 heavy (non-hydrogen) atoms. The summed E-state index contributed by atoms with van der Waals surface area (Å²) in [5.74, 6) is 5.87. The first-order chi connectivity index (χ1) is 20.8. The molecule has 0 amide bonds. The quantitative estimate of drug-likeness (QED) is 0.290. The van der Waals surface area contributed by atoms with E-state index in [1.165, 1.54) is 76.2 Å². The Labute approximate surface area is 270 Å². The minimum absolute atomic E-state index is 0.425. The van der Waals surface area contributed by atoms with Crippen LogP contribution in [0.4, 0.5) is 0 Å². The number of fused-ring (bicyclic) bond motifs is 7. The highest BCUT2D eigenvalue weighted by atomic mass is 79.9. The summed E-state index contributed by atoms with van der Waals surface area (Å²) in [5, 5.41) is 3.52. The van der Waals surface area contributed by atoms with Gasteiger partial charge in [0.15, 0.2) is 0 Å². The normalized spacial score (nSPS) is 43.4. The van der Waals surface area contributed by atoms with Crippen LogP contribution in [-0.2, 0) is 16.1 Å². The van der Waals surface area contributed by atoms with Gasteiger partial charge in [-0.05, 0) is 128 Å². The molecule has 7 rings (SSSR count). The van der Waals surface area contributed by atoms with Crippen LogP contribution in [0, 0.1) is 52.3 Å². The van der Waals surface area contributed by atoms with Crippen molar-refractivity contribution in [1.29, 1.82) is 0 Å². The first-order valence-corrected chi connectivity index (χ1v) is 19.0. The molecule has 2 heterocycles. The summed E-state index contributed by atoms with van der Waals surface area (Å²) >= 11 is 3.56. The van der Waals surface area contributed by atoms with Gasteiger partial charge in [0.05, 0.1) is 25.4 Å². The molecule has 0 aromatic heterocycles. The molecule has 2 saturated heterocycles. The van der Waals surface area contributed by atoms with Crippen LogP contribution in [0.15, 0.2) is 28.7 Å². The number of nitrogens with zero attached hydrogens (tertiary/aromatic N) is 1. The van der Waals surface area contributed by atoms with E-state index < -0.39 is 0 Å². The minimum atomic E-state index is 0.425. The molecule has 4 nitrogen and oxygen atoms in total. The van der Waals surface area contributed by atoms with Crippen LogP contribution >= 0.6 is 15.9 Å². The predicted octanol–water partition coefficient (Wildman–Crippen LogP) is 8.33. The topological polar surface area (TPSA) is 33.7 Å². The molecule has 0 bridgehead atoms. The fraction of sp³-hybridized carbons (Fsp3) is 0.842. The van der Waals surface area contributed by atoms with Crippen molar-refractivity contribution in [1.82, 2.24) is 10.2 Å². The maximum absolute atomic E-state index is 7.12. The number of hydrogen-bond acceptors (Lipinski definition) is 4. The van der Waals surface area contributed by atoms with Crippen molar-refractivity contribution in [3.05, 3.63) is 34.3 Å². The molecular weight excluding hydrogens is 596 g/mol. The van der Waals surface area contributed by atoms with Crippen molar-refractivity contribution in [2.75, 3.05) is 39.3 Å². The summed E-state index contributed by atoms with van der Waals surface area (Å²) in [6.07, 6.45) is 16.6. The molecule has 11 atom stereocenters. The third-order valence-corrected chi connectivity index (χ3v) is 14.8. The summed E-state index contributed by atoms with van der Waals surface area (Å²) in [7, 11) is 0. The van der Waals surface area contributed by atoms with Gasteiger partial charge in [0.1, 0.15) is 0 Å². The van der Waals surface area contributed by atoms with Gasteiger partial charge in [0.2, 0.25) is 0 Å². The predicted molar refractivity (Wildman–Crippen MR) is 179 cm³/mol. The van der Waals surface area contributed by atoms with E-state index in [0.717, 1.165) is 73.4 Å². The Balaban J connectivity index is 0.974. The van der Waals surface area contributed by atoms with Gasteiger partial charge in [-0.15, -0.1) is 0 Å². The number of halogens is 1. The summed E-state index contributed by atoms with van der Waals surface area (Å²) in [6.45, 7) is 15.3. The Hall–Kier alpha value is -0.460. The maximum Gasteiger partial charge on any atom is 0.0717 e. The van der Waals surface area contributed by atoms with E-state index in [-0.39, 0.29) is 0 Å². The smallest absolute Gasteiger partial charge is 0.0717 e. The first kappa shape index (κ1) is 31.2. The molecule has 1 aromatic carbocycles. The molecule has 0 spiro atoms. The standard InChI is InChI=1S/C38H59BrN2O2/c1-26-34(14-9-28(23-41-20-18-40-19-21-41)25-42-24-27-7-11-30(39)12-8-27)43-35-22-33-31-13-10-29-6-4-5-16-37(29,2)32(31)15-17-38(33,3)36(26)35/h7-8,11-12,26,28-29,31-36,40H,4-6,9-10,13-25H2,1-3H3/t26-,28?,29?,31-,32+,33+,34?,35+,36+,37+,38+/m1/s1. The molecule has 2 aliphatic heterocycles. The second-order valence-electron chi connectivity index (χ2n) is 16.4. The molecule has 1 aromatic rings. The molecule has 5 heteroatoms. The second-order valence-corrected chi connectivity index (χ2v) is 17.3. The van der Waals surface area contributed by atoms with Crippen LogP contribution in [0.3, 0.4) is 0 Å². The largest absolute Gasteiger partial charge is 0.376 e. The molecule has 4 saturated carbocycles. The Morgan fingerprint density at radius 3 is 2.63 bits per heavy atom. The van der Waals surface area contributed by atoms with Crippen molar-refractivity contribution < 1.29 is 9.47 Å². The van der Waals surface area contributed by atoms with E-state index in [1.54, 1.807) is 0 Å². The van der Waals surface area contributed by atoms with Crippen LogP contribution < -0.4 is 5.32 Å². The number of nitrogens with one attached hydrogen (secondary N) is 1. The van der Waals surface area contributed by atoms with Gasteiger partial charge in [-0.3, -0.25) is 0 Å². The molecule has 6 fully saturated rings. The van der Waals surface area contributed by atoms with Crippen LogP contribution in [0.5, 0.6) is 0 Å². The van der Waals surface area contributed by atoms with Gasteiger partial charge in [-0.25, -0.2) is 0 Å². The van der Waals surface area contributed by atoms with E-state index in [2.05, 4.69) is 71.2 Å². The molecular formula is C38H59BrN2O2. The van der Waals surface area contributed by atoms with Gasteiger partial charge >= 0.3 is 0 Å². The van der Waals surface area contributed by atoms with Gasteiger partial charge < -0.3 is 19.7 Å². The second kappa shape index (κ2) is 13.0. The van der Waals surface area contributed by atoms with Gasteiger partial charge in [-0.1, -0.05) is 61.7 Å². The zero-order valence-corrected chi connectivity index (χ0v) is 29.0. The van der Waals surface area contributed by atoms with Crippen molar-refractivity contribution in [2.24, 2.45) is 52.3 Å². The van der Waals surface area contributed by atoms with Crippen molar-refractivity contribution in [3.8, 4) is 0 Å². The minimum Gasteiger partial charge on any atom is -0.376 e. The maximum atomic E-state index is 7.12. The van der Waals surface area contributed by atoms with E-state index in [0.29, 0.717) is 41.5 Å². The Morgan fingerprint density at radius 1 is 1.00 bits per heavy atom. The number of rotatable bonds is 9. The van der Waals surface area contributed by atoms with Crippen molar-refractivity contribution >= 4 is 15.9 Å². The van der Waals surface area contributed by atoms with Gasteiger partial charge in [0.25, 0.3) is 0 Å². The molecule has 6 aliphatic rings. The molecule has 0 radical (unpaired) electrons. The average Bonchev–Trinajstić information content (AvgIpc) is 3.49. The summed E-state index contributed by atoms with van der Waals surface area (Å²) < 4.78 is 14.6. The zero-order chi connectivity index (χ0) is 29.6. The number of ether oxygens (including phenoxy) is 2. The Morgan fingerprint density at radius 2 is 1.81 bits per heavy atom. The molecule has 240 valence electrons. The number of benzene rings is 1. The SMILES string of the molecule is C[C@@H]1C(CCC(COCc2ccc(Br)cc2)CN2CCNCC2)O[C@H]2C[C@H]3[C@@H]4CCC5CCCC[C@]5(C)[C@H]4CC[C@]3(C)[C@H]21. The lowest BCUT2D eigenvalue weighted by Crippen LogP contribution is -2.53. The highest BCUT2D eigenvalue weighted by molar-refractivity contribution is 9.10. The fourth-order valence-electron chi connectivity index (χ4n) is 12.1. The van der Waals surface area contributed by atoms with Crippen LogP contribution in [0.1, 0.15) is 97.0 Å². The van der Waals surface area contributed by atoms with E-state index >= 15 is 0 Å². The highest BCUT2D eigenvalue weighted by Gasteiger charge is 2.65. The van der Waals surface area contributed by atoms with E-state index in [9.17, 15) is 0 Å².